The lowest BCUT2D eigenvalue weighted by Crippen LogP contribution is -2.43. The van der Waals surface area contributed by atoms with E-state index in [1.165, 1.54) is 29.1 Å². The number of nitrogens with zero attached hydrogens (tertiary/aromatic N) is 5. The zero-order valence-electron chi connectivity index (χ0n) is 20.1. The van der Waals surface area contributed by atoms with Crippen LogP contribution in [0, 0.1) is 24.5 Å². The fourth-order valence-electron chi connectivity index (χ4n) is 4.81. The summed E-state index contributed by atoms with van der Waals surface area (Å²) < 4.78 is 30.6. The minimum absolute atomic E-state index is 0.0355. The van der Waals surface area contributed by atoms with Crippen LogP contribution in [0.1, 0.15) is 24.0 Å². The normalized spacial score (nSPS) is 16.0. The number of halogens is 2. The number of benzene rings is 2. The Bertz CT molecular complexity index is 1630. The number of thiophene rings is 1. The molecule has 0 aliphatic carbocycles. The van der Waals surface area contributed by atoms with Crippen molar-refractivity contribution in [1.82, 2.24) is 25.1 Å². The van der Waals surface area contributed by atoms with E-state index in [1.807, 2.05) is 18.2 Å². The lowest BCUT2D eigenvalue weighted by Gasteiger charge is -2.33. The summed E-state index contributed by atoms with van der Waals surface area (Å²) in [5, 5.41) is 10.4. The third kappa shape index (κ3) is 4.53. The first-order valence-electron chi connectivity index (χ1n) is 12.1. The Labute approximate surface area is 215 Å². The number of rotatable bonds is 5. The molecular weight excluding hydrogens is 494 g/mol. The molecule has 7 nitrogen and oxygen atoms in total. The summed E-state index contributed by atoms with van der Waals surface area (Å²) in [6, 6.07) is 10.6. The van der Waals surface area contributed by atoms with Crippen LogP contribution in [0.15, 0.2) is 54.3 Å². The molecule has 0 spiro atoms. The number of aryl methyl sites for hydroxylation is 1. The minimum Gasteiger partial charge on any atom is -0.355 e. The first-order chi connectivity index (χ1) is 18.0. The van der Waals surface area contributed by atoms with Crippen LogP contribution in [0.4, 0.5) is 14.6 Å². The second kappa shape index (κ2) is 9.51. The summed E-state index contributed by atoms with van der Waals surface area (Å²) in [4.78, 5) is 23.9. The van der Waals surface area contributed by atoms with E-state index in [-0.39, 0.29) is 23.5 Å². The quantitative estimate of drug-likeness (QED) is 0.348. The van der Waals surface area contributed by atoms with Gasteiger partial charge < -0.3 is 10.2 Å². The van der Waals surface area contributed by atoms with Gasteiger partial charge >= 0.3 is 0 Å². The van der Waals surface area contributed by atoms with Crippen molar-refractivity contribution in [3.63, 3.8) is 0 Å². The van der Waals surface area contributed by atoms with E-state index in [0.717, 1.165) is 35.0 Å². The van der Waals surface area contributed by atoms with Gasteiger partial charge in [0, 0.05) is 41.3 Å². The second-order valence-corrected chi connectivity index (χ2v) is 10.3. The average Bonchev–Trinajstić information content (AvgIpc) is 3.52. The van der Waals surface area contributed by atoms with Crippen LogP contribution < -0.4 is 10.2 Å². The Morgan fingerprint density at radius 2 is 2.03 bits per heavy atom. The number of nitrogens with one attached hydrogen (secondary N) is 1. The van der Waals surface area contributed by atoms with E-state index in [0.29, 0.717) is 41.2 Å². The SMILES string of the molecule is Cc1ccc(-n2cc3c(N4CCC[C@@H](C(=O)NCc5ccc6scc(F)c6c5)C4)ncnc3n2)cc1F. The van der Waals surface area contributed by atoms with E-state index in [9.17, 15) is 13.6 Å². The molecule has 0 unspecified atom stereocenters. The highest BCUT2D eigenvalue weighted by atomic mass is 32.1. The van der Waals surface area contributed by atoms with Gasteiger partial charge in [-0.1, -0.05) is 12.1 Å². The summed E-state index contributed by atoms with van der Waals surface area (Å²) in [6.07, 6.45) is 4.88. The molecule has 6 rings (SSSR count). The standard InChI is InChI=1S/C27H24F2N6OS/c1-16-4-6-19(10-22(16)28)35-13-21-25(33-35)31-15-32-26(21)34-8-2-3-18(12-34)27(36)30-11-17-5-7-24-20(9-17)23(29)14-37-24/h4-7,9-10,13-15,18H,2-3,8,11-12H2,1H3,(H,30,36)/t18-/m1/s1. The fourth-order valence-corrected chi connectivity index (χ4v) is 5.59. The Morgan fingerprint density at radius 1 is 1.14 bits per heavy atom. The third-order valence-corrected chi connectivity index (χ3v) is 7.80. The highest BCUT2D eigenvalue weighted by molar-refractivity contribution is 7.17. The van der Waals surface area contributed by atoms with Crippen molar-refractivity contribution < 1.29 is 13.6 Å². The van der Waals surface area contributed by atoms with Gasteiger partial charge in [-0.3, -0.25) is 4.79 Å². The highest BCUT2D eigenvalue weighted by Gasteiger charge is 2.28. The molecule has 1 aliphatic heterocycles. The average molecular weight is 519 g/mol. The number of amides is 1. The summed E-state index contributed by atoms with van der Waals surface area (Å²) in [5.74, 6) is -0.0650. The number of carbonyl (C=O) groups excluding carboxylic acids is 1. The molecule has 37 heavy (non-hydrogen) atoms. The molecule has 5 aromatic rings. The second-order valence-electron chi connectivity index (χ2n) is 9.36. The highest BCUT2D eigenvalue weighted by Crippen LogP contribution is 2.29. The van der Waals surface area contributed by atoms with Gasteiger partial charge in [-0.25, -0.2) is 23.4 Å². The first kappa shape index (κ1) is 23.5. The summed E-state index contributed by atoms with van der Waals surface area (Å²) in [5.41, 5.74) is 2.54. The number of hydrogen-bond donors (Lipinski definition) is 1. The van der Waals surface area contributed by atoms with Crippen LogP contribution in [0.5, 0.6) is 0 Å². The first-order valence-corrected chi connectivity index (χ1v) is 13.0. The topological polar surface area (TPSA) is 75.9 Å². The van der Waals surface area contributed by atoms with Gasteiger partial charge in [-0.15, -0.1) is 16.4 Å². The van der Waals surface area contributed by atoms with E-state index < -0.39 is 0 Å². The van der Waals surface area contributed by atoms with Crippen LogP contribution in [0.3, 0.4) is 0 Å². The molecule has 3 aromatic heterocycles. The molecule has 2 aromatic carbocycles. The molecule has 188 valence electrons. The van der Waals surface area contributed by atoms with Crippen molar-refractivity contribution >= 4 is 44.2 Å². The molecule has 4 heterocycles. The van der Waals surface area contributed by atoms with E-state index >= 15 is 0 Å². The zero-order valence-corrected chi connectivity index (χ0v) is 20.9. The number of carbonyl (C=O) groups is 1. The van der Waals surface area contributed by atoms with Crippen molar-refractivity contribution in [2.45, 2.75) is 26.3 Å². The Hall–Kier alpha value is -3.92. The van der Waals surface area contributed by atoms with Crippen LogP contribution >= 0.6 is 11.3 Å². The fraction of sp³-hybridized carbons (Fsp3) is 0.259. The van der Waals surface area contributed by atoms with Crippen molar-refractivity contribution in [3.05, 3.63) is 77.1 Å². The predicted molar refractivity (Wildman–Crippen MR) is 140 cm³/mol. The van der Waals surface area contributed by atoms with E-state index in [4.69, 9.17) is 0 Å². The van der Waals surface area contributed by atoms with Crippen molar-refractivity contribution in [2.75, 3.05) is 18.0 Å². The number of aromatic nitrogens is 4. The molecule has 1 fully saturated rings. The van der Waals surface area contributed by atoms with Crippen LogP contribution in [0.25, 0.3) is 26.8 Å². The summed E-state index contributed by atoms with van der Waals surface area (Å²) in [6.45, 7) is 3.33. The molecule has 1 N–H and O–H groups in total. The largest absolute Gasteiger partial charge is 0.355 e. The number of fused-ring (bicyclic) bond motifs is 2. The van der Waals surface area contributed by atoms with Gasteiger partial charge in [0.1, 0.15) is 23.8 Å². The Morgan fingerprint density at radius 3 is 2.89 bits per heavy atom. The third-order valence-electron chi connectivity index (χ3n) is 6.86. The smallest absolute Gasteiger partial charge is 0.225 e. The van der Waals surface area contributed by atoms with Gasteiger partial charge in [0.05, 0.1) is 17.0 Å². The molecule has 1 aliphatic rings. The van der Waals surface area contributed by atoms with E-state index in [2.05, 4.69) is 25.3 Å². The van der Waals surface area contributed by atoms with Crippen LogP contribution in [-0.2, 0) is 11.3 Å². The maximum absolute atomic E-state index is 14.1. The lowest BCUT2D eigenvalue weighted by atomic mass is 9.97. The molecule has 0 saturated carbocycles. The Balaban J connectivity index is 1.18. The molecule has 0 bridgehead atoms. The minimum atomic E-state index is -0.298. The van der Waals surface area contributed by atoms with Gasteiger partial charge in [-0.2, -0.15) is 0 Å². The van der Waals surface area contributed by atoms with E-state index in [1.54, 1.807) is 29.9 Å². The zero-order chi connectivity index (χ0) is 25.5. The van der Waals surface area contributed by atoms with Gasteiger partial charge in [0.2, 0.25) is 5.91 Å². The molecular formula is C27H24F2N6OS. The van der Waals surface area contributed by atoms with Crippen LogP contribution in [-0.4, -0.2) is 38.7 Å². The van der Waals surface area contributed by atoms with Gasteiger partial charge in [-0.05, 0) is 55.2 Å². The van der Waals surface area contributed by atoms with Crippen molar-refractivity contribution in [2.24, 2.45) is 5.92 Å². The predicted octanol–water partition coefficient (Wildman–Crippen LogP) is 5.15. The number of hydrogen-bond acceptors (Lipinski definition) is 6. The molecule has 1 saturated heterocycles. The monoisotopic (exact) mass is 518 g/mol. The number of anilines is 1. The van der Waals surface area contributed by atoms with Crippen molar-refractivity contribution in [3.8, 4) is 5.69 Å². The molecule has 0 radical (unpaired) electrons. The van der Waals surface area contributed by atoms with Gasteiger partial charge in [0.15, 0.2) is 5.65 Å². The lowest BCUT2D eigenvalue weighted by molar-refractivity contribution is -0.125. The maximum atomic E-state index is 14.1. The summed E-state index contributed by atoms with van der Waals surface area (Å²) >= 11 is 1.37. The molecule has 10 heteroatoms. The van der Waals surface area contributed by atoms with Crippen LogP contribution in [0.2, 0.25) is 0 Å². The molecule has 1 amide bonds. The molecule has 1 atom stereocenters. The Kier molecular flexibility index (Phi) is 6.03. The number of piperidine rings is 1. The van der Waals surface area contributed by atoms with Gasteiger partial charge in [0.25, 0.3) is 0 Å². The maximum Gasteiger partial charge on any atom is 0.225 e. The van der Waals surface area contributed by atoms with Crippen molar-refractivity contribution in [1.29, 1.82) is 0 Å². The summed E-state index contributed by atoms with van der Waals surface area (Å²) in [7, 11) is 0.